The molecule has 0 saturated carbocycles. The van der Waals surface area contributed by atoms with Gasteiger partial charge in [-0.25, -0.2) is 0 Å². The number of carboxylic acid groups (broad SMARTS) is 1. The zero-order chi connectivity index (χ0) is 15.9. The van der Waals surface area contributed by atoms with Crippen LogP contribution in [0.25, 0.3) is 0 Å². The fraction of sp³-hybridized carbons (Fsp3) is 0.588. The molecule has 1 atom stereocenters. The van der Waals surface area contributed by atoms with Crippen LogP contribution < -0.4 is 9.47 Å². The predicted molar refractivity (Wildman–Crippen MR) is 84.7 cm³/mol. The average Bonchev–Trinajstić information content (AvgIpc) is 2.52. The molecular formula is C17H25NO4. The molecular weight excluding hydrogens is 282 g/mol. The Labute approximate surface area is 131 Å². The van der Waals surface area contributed by atoms with E-state index in [1.165, 1.54) is 0 Å². The Bertz CT molecular complexity index is 503. The molecule has 1 aliphatic heterocycles. The molecule has 122 valence electrons. The number of ether oxygens (including phenoxy) is 2. The van der Waals surface area contributed by atoms with E-state index in [4.69, 9.17) is 9.47 Å². The topological polar surface area (TPSA) is 59.0 Å². The molecule has 0 radical (unpaired) electrons. The maximum Gasteiger partial charge on any atom is 0.320 e. The number of nitrogens with zero attached hydrogens (tertiary/aromatic N) is 1. The lowest BCUT2D eigenvalue weighted by Crippen LogP contribution is -2.45. The van der Waals surface area contributed by atoms with E-state index in [2.05, 4.69) is 4.90 Å². The van der Waals surface area contributed by atoms with Crippen molar-refractivity contribution in [2.45, 2.75) is 38.6 Å². The fourth-order valence-corrected chi connectivity index (χ4v) is 2.88. The monoisotopic (exact) mass is 307 g/mol. The number of likely N-dealkylation sites (tertiary alicyclic amines) is 1. The van der Waals surface area contributed by atoms with Gasteiger partial charge in [0.05, 0.1) is 13.7 Å². The Kier molecular flexibility index (Phi) is 6.07. The van der Waals surface area contributed by atoms with Crippen molar-refractivity contribution in [1.82, 2.24) is 4.90 Å². The molecule has 1 heterocycles. The van der Waals surface area contributed by atoms with Gasteiger partial charge in [-0.2, -0.15) is 0 Å². The Morgan fingerprint density at radius 2 is 2.18 bits per heavy atom. The van der Waals surface area contributed by atoms with Gasteiger partial charge in [0, 0.05) is 6.54 Å². The Morgan fingerprint density at radius 1 is 1.36 bits per heavy atom. The van der Waals surface area contributed by atoms with Crippen molar-refractivity contribution in [1.29, 1.82) is 0 Å². The molecule has 22 heavy (non-hydrogen) atoms. The molecule has 0 aliphatic carbocycles. The summed E-state index contributed by atoms with van der Waals surface area (Å²) in [7, 11) is 1.63. The van der Waals surface area contributed by atoms with Crippen molar-refractivity contribution in [3.8, 4) is 11.5 Å². The molecule has 1 aromatic rings. The van der Waals surface area contributed by atoms with Gasteiger partial charge in [0.15, 0.2) is 11.5 Å². The predicted octanol–water partition coefficient (Wildman–Crippen LogP) is 2.71. The number of carboxylic acids is 1. The SMILES string of the molecule is COc1cc(C)ccc1OCCCN1CCCCC1C(=O)O. The van der Waals surface area contributed by atoms with E-state index in [1.807, 2.05) is 25.1 Å². The second-order valence-electron chi connectivity index (χ2n) is 5.74. The first-order valence-corrected chi connectivity index (χ1v) is 7.86. The number of rotatable bonds is 7. The van der Waals surface area contributed by atoms with E-state index < -0.39 is 5.97 Å². The molecule has 1 aliphatic rings. The third kappa shape index (κ3) is 4.37. The van der Waals surface area contributed by atoms with Crippen LogP contribution in [-0.4, -0.2) is 48.8 Å². The Balaban J connectivity index is 1.80. The van der Waals surface area contributed by atoms with Gasteiger partial charge in [-0.15, -0.1) is 0 Å². The largest absolute Gasteiger partial charge is 0.493 e. The van der Waals surface area contributed by atoms with Gasteiger partial charge in [0.25, 0.3) is 0 Å². The minimum Gasteiger partial charge on any atom is -0.493 e. The molecule has 5 nitrogen and oxygen atoms in total. The number of hydrogen-bond donors (Lipinski definition) is 1. The van der Waals surface area contributed by atoms with Crippen LogP contribution in [0.15, 0.2) is 18.2 Å². The van der Waals surface area contributed by atoms with E-state index in [1.54, 1.807) is 7.11 Å². The zero-order valence-electron chi connectivity index (χ0n) is 13.4. The first-order valence-electron chi connectivity index (χ1n) is 7.86. The second kappa shape index (κ2) is 8.03. The molecule has 5 heteroatoms. The summed E-state index contributed by atoms with van der Waals surface area (Å²) in [6.07, 6.45) is 3.64. The number of aryl methyl sites for hydroxylation is 1. The number of piperidine rings is 1. The standard InChI is InChI=1S/C17H25NO4/c1-13-7-8-15(16(12-13)21-2)22-11-5-10-18-9-4-3-6-14(18)17(19)20/h7-8,12,14H,3-6,9-11H2,1-2H3,(H,19,20). The van der Waals surface area contributed by atoms with Crippen LogP contribution in [0.4, 0.5) is 0 Å². The lowest BCUT2D eigenvalue weighted by Gasteiger charge is -2.32. The first-order chi connectivity index (χ1) is 10.6. The van der Waals surface area contributed by atoms with E-state index in [0.29, 0.717) is 6.61 Å². The van der Waals surface area contributed by atoms with Crippen LogP contribution in [0.2, 0.25) is 0 Å². The molecule has 0 amide bonds. The summed E-state index contributed by atoms with van der Waals surface area (Å²) in [6, 6.07) is 5.51. The highest BCUT2D eigenvalue weighted by atomic mass is 16.5. The Morgan fingerprint density at radius 3 is 2.91 bits per heavy atom. The van der Waals surface area contributed by atoms with Gasteiger partial charge in [-0.1, -0.05) is 12.5 Å². The maximum atomic E-state index is 11.2. The van der Waals surface area contributed by atoms with E-state index in [0.717, 1.165) is 55.8 Å². The van der Waals surface area contributed by atoms with Gasteiger partial charge in [-0.05, 0) is 50.4 Å². The van der Waals surface area contributed by atoms with Crippen molar-refractivity contribution in [2.75, 3.05) is 26.8 Å². The normalized spacial score (nSPS) is 18.9. The van der Waals surface area contributed by atoms with Gasteiger partial charge >= 0.3 is 5.97 Å². The van der Waals surface area contributed by atoms with E-state index in [-0.39, 0.29) is 6.04 Å². The molecule has 0 spiro atoms. The highest BCUT2D eigenvalue weighted by Crippen LogP contribution is 2.27. The molecule has 0 aromatic heterocycles. The number of aliphatic carboxylic acids is 1. The molecule has 1 N–H and O–H groups in total. The number of methoxy groups -OCH3 is 1. The summed E-state index contributed by atoms with van der Waals surface area (Å²) < 4.78 is 11.1. The van der Waals surface area contributed by atoms with Gasteiger partial charge in [-0.3, -0.25) is 9.69 Å². The molecule has 1 fully saturated rings. The van der Waals surface area contributed by atoms with Crippen LogP contribution in [0.1, 0.15) is 31.2 Å². The van der Waals surface area contributed by atoms with Crippen LogP contribution in [0.5, 0.6) is 11.5 Å². The van der Waals surface area contributed by atoms with Crippen molar-refractivity contribution in [2.24, 2.45) is 0 Å². The molecule has 2 rings (SSSR count). The van der Waals surface area contributed by atoms with E-state index >= 15 is 0 Å². The lowest BCUT2D eigenvalue weighted by atomic mass is 10.0. The smallest absolute Gasteiger partial charge is 0.320 e. The highest BCUT2D eigenvalue weighted by molar-refractivity contribution is 5.73. The van der Waals surface area contributed by atoms with Crippen LogP contribution in [-0.2, 0) is 4.79 Å². The minimum absolute atomic E-state index is 0.331. The van der Waals surface area contributed by atoms with Gasteiger partial charge in [0.1, 0.15) is 6.04 Å². The number of hydrogen-bond acceptors (Lipinski definition) is 4. The summed E-state index contributed by atoms with van der Waals surface area (Å²) in [4.78, 5) is 13.3. The van der Waals surface area contributed by atoms with Crippen molar-refractivity contribution in [3.05, 3.63) is 23.8 Å². The molecule has 1 unspecified atom stereocenters. The summed E-state index contributed by atoms with van der Waals surface area (Å²) in [5.41, 5.74) is 1.13. The highest BCUT2D eigenvalue weighted by Gasteiger charge is 2.27. The van der Waals surface area contributed by atoms with Crippen LogP contribution in [0, 0.1) is 6.92 Å². The Hall–Kier alpha value is -1.75. The van der Waals surface area contributed by atoms with Gasteiger partial charge in [0.2, 0.25) is 0 Å². The molecule has 1 saturated heterocycles. The molecule has 0 bridgehead atoms. The fourth-order valence-electron chi connectivity index (χ4n) is 2.88. The second-order valence-corrected chi connectivity index (χ2v) is 5.74. The third-order valence-corrected chi connectivity index (χ3v) is 4.07. The first kappa shape index (κ1) is 16.6. The summed E-state index contributed by atoms with van der Waals surface area (Å²) in [6.45, 7) is 4.19. The quantitative estimate of drug-likeness (QED) is 0.785. The van der Waals surface area contributed by atoms with Crippen molar-refractivity contribution in [3.63, 3.8) is 0 Å². The number of benzene rings is 1. The maximum absolute atomic E-state index is 11.2. The summed E-state index contributed by atoms with van der Waals surface area (Å²) in [5.74, 6) is 0.767. The van der Waals surface area contributed by atoms with Gasteiger partial charge < -0.3 is 14.6 Å². The zero-order valence-corrected chi connectivity index (χ0v) is 13.4. The number of carbonyl (C=O) groups is 1. The van der Waals surface area contributed by atoms with E-state index in [9.17, 15) is 9.90 Å². The van der Waals surface area contributed by atoms with Crippen molar-refractivity contribution >= 4 is 5.97 Å². The lowest BCUT2D eigenvalue weighted by molar-refractivity contribution is -0.144. The van der Waals surface area contributed by atoms with Crippen LogP contribution in [0.3, 0.4) is 0 Å². The molecule has 1 aromatic carbocycles. The van der Waals surface area contributed by atoms with Crippen LogP contribution >= 0.6 is 0 Å². The minimum atomic E-state index is -0.708. The van der Waals surface area contributed by atoms with Crippen molar-refractivity contribution < 1.29 is 19.4 Å². The summed E-state index contributed by atoms with van der Waals surface area (Å²) >= 11 is 0. The average molecular weight is 307 g/mol. The third-order valence-electron chi connectivity index (χ3n) is 4.07. The summed E-state index contributed by atoms with van der Waals surface area (Å²) in [5, 5.41) is 9.25.